The summed E-state index contributed by atoms with van der Waals surface area (Å²) in [5.74, 6) is -1.81. The number of hydrazine groups is 1. The van der Waals surface area contributed by atoms with Gasteiger partial charge in [0.1, 0.15) is 17.5 Å². The number of carbonyl (C=O) groups excluding carboxylic acids is 3. The molecular weight excluding hydrogens is 375 g/mol. The maximum Gasteiger partial charge on any atom is 0.426 e. The van der Waals surface area contributed by atoms with Gasteiger partial charge < -0.3 is 9.47 Å². The number of anilines is 1. The van der Waals surface area contributed by atoms with Crippen LogP contribution in [0.25, 0.3) is 10.4 Å². The second-order valence-electron chi connectivity index (χ2n) is 6.77. The van der Waals surface area contributed by atoms with Crippen molar-refractivity contribution < 1.29 is 28.2 Å². The van der Waals surface area contributed by atoms with Crippen LogP contribution < -0.4 is 15.8 Å². The van der Waals surface area contributed by atoms with Gasteiger partial charge in [0.05, 0.1) is 24.3 Å². The number of ether oxygens (including phenoxy) is 2. The van der Waals surface area contributed by atoms with Gasteiger partial charge in [-0.05, 0) is 44.5 Å². The molecule has 0 spiro atoms. The van der Waals surface area contributed by atoms with E-state index in [0.717, 1.165) is 17.0 Å². The average molecular weight is 394 g/mol. The number of benzene rings is 1. The van der Waals surface area contributed by atoms with Gasteiger partial charge in [-0.15, -0.1) is 0 Å². The Morgan fingerprint density at radius 2 is 2.14 bits per heavy atom. The van der Waals surface area contributed by atoms with Crippen LogP contribution in [0.1, 0.15) is 31.1 Å². The summed E-state index contributed by atoms with van der Waals surface area (Å²) in [6.07, 6.45) is -2.27. The zero-order chi connectivity index (χ0) is 20.9. The van der Waals surface area contributed by atoms with E-state index in [-0.39, 0.29) is 24.3 Å². The average Bonchev–Trinajstić information content (AvgIpc) is 2.97. The molecule has 0 unspecified atom stereocenters. The molecule has 2 N–H and O–H groups in total. The van der Waals surface area contributed by atoms with Gasteiger partial charge in [0.2, 0.25) is 0 Å². The Balaban J connectivity index is 2.02. The van der Waals surface area contributed by atoms with Crippen LogP contribution in [-0.4, -0.2) is 42.9 Å². The lowest BCUT2D eigenvalue weighted by molar-refractivity contribution is 0.0483. The minimum Gasteiger partial charge on any atom is -0.444 e. The first-order valence-corrected chi connectivity index (χ1v) is 8.18. The molecule has 1 fully saturated rings. The standard InChI is InChI=1S/C16H19FN6O5/c1-16(2,3)28-14(25)21-20-13(24)11-5-4-9(6-12(11)17)23-8-10(7-19-22-18)27-15(23)26/h4-6,10H,7-8H2,1-3H3,(H,20,24)(H,21,25)/t10-/m0/s1. The Bertz CT molecular complexity index is 833. The van der Waals surface area contributed by atoms with Crippen LogP contribution in [0.5, 0.6) is 0 Å². The molecule has 1 atom stereocenters. The Morgan fingerprint density at radius 1 is 1.43 bits per heavy atom. The maximum absolute atomic E-state index is 14.3. The Kier molecular flexibility index (Phi) is 6.26. The summed E-state index contributed by atoms with van der Waals surface area (Å²) < 4.78 is 24.3. The summed E-state index contributed by atoms with van der Waals surface area (Å²) in [7, 11) is 0. The summed E-state index contributed by atoms with van der Waals surface area (Å²) in [6.45, 7) is 4.97. The van der Waals surface area contributed by atoms with Gasteiger partial charge >= 0.3 is 12.2 Å². The number of azide groups is 1. The third-order valence-electron chi connectivity index (χ3n) is 3.41. The molecule has 1 aromatic carbocycles. The van der Waals surface area contributed by atoms with Crippen LogP contribution in [0, 0.1) is 5.82 Å². The Labute approximate surface area is 159 Å². The zero-order valence-electron chi connectivity index (χ0n) is 15.4. The smallest absolute Gasteiger partial charge is 0.426 e. The number of hydrogen-bond acceptors (Lipinski definition) is 6. The van der Waals surface area contributed by atoms with E-state index in [9.17, 15) is 18.8 Å². The van der Waals surface area contributed by atoms with Crippen molar-refractivity contribution in [3.8, 4) is 0 Å². The van der Waals surface area contributed by atoms with E-state index in [0.29, 0.717) is 0 Å². The molecule has 150 valence electrons. The molecule has 28 heavy (non-hydrogen) atoms. The van der Waals surface area contributed by atoms with Gasteiger partial charge in [0.15, 0.2) is 0 Å². The van der Waals surface area contributed by atoms with Gasteiger partial charge in [-0.2, -0.15) is 0 Å². The van der Waals surface area contributed by atoms with E-state index < -0.39 is 35.6 Å². The van der Waals surface area contributed by atoms with Gasteiger partial charge in [-0.1, -0.05) is 5.11 Å². The van der Waals surface area contributed by atoms with E-state index in [1.54, 1.807) is 20.8 Å². The van der Waals surface area contributed by atoms with E-state index in [4.69, 9.17) is 15.0 Å². The largest absolute Gasteiger partial charge is 0.444 e. The van der Waals surface area contributed by atoms with Crippen molar-refractivity contribution in [1.29, 1.82) is 0 Å². The predicted molar refractivity (Wildman–Crippen MR) is 94.9 cm³/mol. The summed E-state index contributed by atoms with van der Waals surface area (Å²) in [5.41, 5.74) is 11.4. The van der Waals surface area contributed by atoms with Crippen LogP contribution in [0.3, 0.4) is 0 Å². The molecule has 12 heteroatoms. The van der Waals surface area contributed by atoms with Crippen LogP contribution >= 0.6 is 0 Å². The van der Waals surface area contributed by atoms with Crippen LogP contribution in [0.15, 0.2) is 23.3 Å². The molecule has 0 aliphatic carbocycles. The fraction of sp³-hybridized carbons (Fsp3) is 0.438. The van der Waals surface area contributed by atoms with E-state index in [1.165, 1.54) is 6.07 Å². The second kappa shape index (κ2) is 8.44. The lowest BCUT2D eigenvalue weighted by atomic mass is 10.1. The fourth-order valence-electron chi connectivity index (χ4n) is 2.29. The number of carbonyl (C=O) groups is 3. The molecule has 11 nitrogen and oxygen atoms in total. The van der Waals surface area contributed by atoms with Crippen molar-refractivity contribution in [2.75, 3.05) is 18.0 Å². The minimum atomic E-state index is -0.910. The van der Waals surface area contributed by atoms with Crippen molar-refractivity contribution >= 4 is 23.8 Å². The molecule has 1 aliphatic heterocycles. The molecular formula is C16H19FN6O5. The van der Waals surface area contributed by atoms with Crippen molar-refractivity contribution in [2.24, 2.45) is 5.11 Å². The molecule has 1 aliphatic rings. The zero-order valence-corrected chi connectivity index (χ0v) is 15.4. The number of rotatable bonds is 4. The van der Waals surface area contributed by atoms with E-state index in [1.807, 2.05) is 10.9 Å². The first-order chi connectivity index (χ1) is 13.1. The third kappa shape index (κ3) is 5.48. The van der Waals surface area contributed by atoms with Crippen LogP contribution in [0.2, 0.25) is 0 Å². The van der Waals surface area contributed by atoms with Crippen molar-refractivity contribution in [1.82, 2.24) is 10.9 Å². The number of hydrogen-bond donors (Lipinski definition) is 2. The predicted octanol–water partition coefficient (Wildman–Crippen LogP) is 2.63. The molecule has 0 aromatic heterocycles. The van der Waals surface area contributed by atoms with Crippen molar-refractivity contribution in [2.45, 2.75) is 32.5 Å². The molecule has 1 saturated heterocycles. The molecule has 1 aromatic rings. The van der Waals surface area contributed by atoms with Crippen LogP contribution in [0.4, 0.5) is 19.7 Å². The molecule has 3 amide bonds. The van der Waals surface area contributed by atoms with Gasteiger partial charge in [0, 0.05) is 4.91 Å². The molecule has 1 heterocycles. The number of nitrogens with zero attached hydrogens (tertiary/aromatic N) is 4. The normalized spacial score (nSPS) is 16.1. The minimum absolute atomic E-state index is 0.0436. The monoisotopic (exact) mass is 394 g/mol. The first-order valence-electron chi connectivity index (χ1n) is 8.18. The fourth-order valence-corrected chi connectivity index (χ4v) is 2.29. The third-order valence-corrected chi connectivity index (χ3v) is 3.41. The number of cyclic esters (lactones) is 1. The van der Waals surface area contributed by atoms with Gasteiger partial charge in [0.25, 0.3) is 5.91 Å². The number of nitrogens with one attached hydrogen (secondary N) is 2. The highest BCUT2D eigenvalue weighted by Crippen LogP contribution is 2.24. The Hall–Kier alpha value is -3.53. The summed E-state index contributed by atoms with van der Waals surface area (Å²) in [4.78, 5) is 39.2. The highest BCUT2D eigenvalue weighted by molar-refractivity contribution is 5.96. The topological polar surface area (TPSA) is 146 Å². The number of amides is 3. The highest BCUT2D eigenvalue weighted by atomic mass is 19.1. The molecule has 0 bridgehead atoms. The van der Waals surface area contributed by atoms with Gasteiger partial charge in [-0.25, -0.2) is 19.4 Å². The molecule has 0 saturated carbocycles. The molecule has 2 rings (SSSR count). The summed E-state index contributed by atoms with van der Waals surface area (Å²) in [5, 5.41) is 3.33. The highest BCUT2D eigenvalue weighted by Gasteiger charge is 2.32. The van der Waals surface area contributed by atoms with E-state index in [2.05, 4.69) is 10.0 Å². The maximum atomic E-state index is 14.3. The second-order valence-corrected chi connectivity index (χ2v) is 6.77. The summed E-state index contributed by atoms with van der Waals surface area (Å²) in [6, 6.07) is 3.49. The lowest BCUT2D eigenvalue weighted by Crippen LogP contribution is -2.44. The quantitative estimate of drug-likeness (QED) is 0.349. The van der Waals surface area contributed by atoms with E-state index >= 15 is 0 Å². The van der Waals surface area contributed by atoms with Crippen molar-refractivity contribution in [3.05, 3.63) is 40.0 Å². The summed E-state index contributed by atoms with van der Waals surface area (Å²) >= 11 is 0. The molecule has 0 radical (unpaired) electrons. The van der Waals surface area contributed by atoms with Gasteiger partial charge in [-0.3, -0.25) is 15.1 Å². The lowest BCUT2D eigenvalue weighted by Gasteiger charge is -2.19. The first kappa shape index (κ1) is 20.8. The Morgan fingerprint density at radius 3 is 2.75 bits per heavy atom. The SMILES string of the molecule is CC(C)(C)OC(=O)NNC(=O)c1ccc(N2C[C@H](CN=[N+]=[N-])OC2=O)cc1F. The van der Waals surface area contributed by atoms with Crippen LogP contribution in [-0.2, 0) is 9.47 Å². The number of halogens is 1. The van der Waals surface area contributed by atoms with Crippen molar-refractivity contribution in [3.63, 3.8) is 0 Å².